The third kappa shape index (κ3) is 4.06. The van der Waals surface area contributed by atoms with Gasteiger partial charge in [-0.2, -0.15) is 0 Å². The monoisotopic (exact) mass is 272 g/mol. The molecule has 0 saturated carbocycles. The number of rotatable bonds is 1. The number of hydrogen-bond acceptors (Lipinski definition) is 2. The van der Waals surface area contributed by atoms with Crippen LogP contribution in [0.1, 0.15) is 16.9 Å². The van der Waals surface area contributed by atoms with Gasteiger partial charge in [0.05, 0.1) is 5.88 Å². The van der Waals surface area contributed by atoms with Gasteiger partial charge in [0.25, 0.3) is 0 Å². The van der Waals surface area contributed by atoms with Crippen molar-refractivity contribution in [1.29, 1.82) is 0 Å². The summed E-state index contributed by atoms with van der Waals surface area (Å²) in [5.74, 6) is 0.889. The van der Waals surface area contributed by atoms with Gasteiger partial charge in [0.2, 0.25) is 5.24 Å². The van der Waals surface area contributed by atoms with E-state index in [-0.39, 0.29) is 5.88 Å². The highest BCUT2D eigenvalue weighted by Crippen LogP contribution is 2.23. The Morgan fingerprint density at radius 3 is 2.35 bits per heavy atom. The fourth-order valence-electron chi connectivity index (χ4n) is 1.64. The number of alkyl halides is 1. The van der Waals surface area contributed by atoms with E-state index in [1.807, 2.05) is 6.92 Å². The predicted octanol–water partition coefficient (Wildman–Crippen LogP) is 4.35. The maximum absolute atomic E-state index is 9.45. The Balaban J connectivity index is 0.000000249. The molecule has 2 rings (SSSR count). The SMILES string of the molecule is Cc1cc(C)c2oc(C)cc2c1.O=C(Cl)CCl. The molecular formula is C13H14Cl2O2. The molecule has 0 atom stereocenters. The predicted molar refractivity (Wildman–Crippen MR) is 72.0 cm³/mol. The van der Waals surface area contributed by atoms with Gasteiger partial charge in [-0.05, 0) is 50.1 Å². The van der Waals surface area contributed by atoms with Crippen LogP contribution in [-0.4, -0.2) is 11.1 Å². The van der Waals surface area contributed by atoms with Crippen LogP contribution >= 0.6 is 23.2 Å². The van der Waals surface area contributed by atoms with Gasteiger partial charge in [0.15, 0.2) is 0 Å². The molecule has 0 bridgehead atoms. The summed E-state index contributed by atoms with van der Waals surface area (Å²) < 4.78 is 5.55. The maximum Gasteiger partial charge on any atom is 0.236 e. The molecule has 1 aromatic carbocycles. The summed E-state index contributed by atoms with van der Waals surface area (Å²) in [6.45, 7) is 6.17. The second-order valence-corrected chi connectivity index (χ2v) is 4.53. The third-order valence-corrected chi connectivity index (χ3v) is 2.69. The molecule has 0 unspecified atom stereocenters. The normalized spacial score (nSPS) is 9.94. The minimum atomic E-state index is -0.508. The highest BCUT2D eigenvalue weighted by atomic mass is 35.5. The number of carbonyl (C=O) groups excluding carboxylic acids is 1. The molecule has 0 radical (unpaired) electrons. The lowest BCUT2D eigenvalue weighted by molar-refractivity contribution is -0.109. The van der Waals surface area contributed by atoms with Crippen LogP contribution < -0.4 is 0 Å². The Labute approximate surface area is 111 Å². The number of furan rings is 1. The van der Waals surface area contributed by atoms with Crippen LogP contribution in [-0.2, 0) is 4.79 Å². The molecule has 0 aliphatic carbocycles. The lowest BCUT2D eigenvalue weighted by atomic mass is 10.1. The Kier molecular flexibility index (Phi) is 5.03. The topological polar surface area (TPSA) is 30.2 Å². The molecule has 0 N–H and O–H groups in total. The second-order valence-electron chi connectivity index (χ2n) is 3.85. The van der Waals surface area contributed by atoms with Gasteiger partial charge in [-0.25, -0.2) is 0 Å². The average Bonchev–Trinajstić information content (AvgIpc) is 2.59. The first-order valence-electron chi connectivity index (χ1n) is 5.15. The first-order chi connectivity index (χ1) is 7.93. The van der Waals surface area contributed by atoms with Crippen molar-refractivity contribution in [2.75, 3.05) is 5.88 Å². The Morgan fingerprint density at radius 1 is 1.24 bits per heavy atom. The smallest absolute Gasteiger partial charge is 0.236 e. The molecule has 0 aliphatic heterocycles. The minimum absolute atomic E-state index is 0.0957. The summed E-state index contributed by atoms with van der Waals surface area (Å²) in [5, 5.41) is 0.705. The second kappa shape index (κ2) is 6.08. The van der Waals surface area contributed by atoms with E-state index in [1.54, 1.807) is 0 Å². The van der Waals surface area contributed by atoms with Crippen molar-refractivity contribution in [1.82, 2.24) is 0 Å². The number of carbonyl (C=O) groups is 1. The van der Waals surface area contributed by atoms with E-state index in [0.29, 0.717) is 0 Å². The summed E-state index contributed by atoms with van der Waals surface area (Å²) in [5.41, 5.74) is 3.54. The van der Waals surface area contributed by atoms with E-state index in [0.717, 1.165) is 11.3 Å². The molecule has 0 spiro atoms. The van der Waals surface area contributed by atoms with Crippen LogP contribution in [0.4, 0.5) is 0 Å². The van der Waals surface area contributed by atoms with Crippen molar-refractivity contribution in [3.05, 3.63) is 35.1 Å². The van der Waals surface area contributed by atoms with E-state index in [1.165, 1.54) is 16.5 Å². The molecule has 2 aromatic rings. The van der Waals surface area contributed by atoms with Gasteiger partial charge >= 0.3 is 0 Å². The Hall–Kier alpha value is -0.990. The molecule has 0 amide bonds. The first-order valence-corrected chi connectivity index (χ1v) is 6.07. The van der Waals surface area contributed by atoms with Crippen molar-refractivity contribution in [3.8, 4) is 0 Å². The molecule has 1 heterocycles. The molecule has 0 fully saturated rings. The van der Waals surface area contributed by atoms with E-state index in [4.69, 9.17) is 27.6 Å². The van der Waals surface area contributed by atoms with Crippen molar-refractivity contribution in [2.45, 2.75) is 20.8 Å². The number of fused-ring (bicyclic) bond motifs is 1. The molecule has 92 valence electrons. The fourth-order valence-corrected chi connectivity index (χ4v) is 1.64. The van der Waals surface area contributed by atoms with Crippen LogP contribution in [0.25, 0.3) is 11.0 Å². The van der Waals surface area contributed by atoms with Gasteiger partial charge in [0, 0.05) is 5.39 Å². The van der Waals surface area contributed by atoms with Crippen LogP contribution in [0.5, 0.6) is 0 Å². The largest absolute Gasteiger partial charge is 0.461 e. The minimum Gasteiger partial charge on any atom is -0.461 e. The quantitative estimate of drug-likeness (QED) is 0.571. The van der Waals surface area contributed by atoms with Crippen LogP contribution in [0, 0.1) is 20.8 Å². The summed E-state index contributed by atoms with van der Waals surface area (Å²) in [6, 6.07) is 6.37. The average molecular weight is 273 g/mol. The highest BCUT2D eigenvalue weighted by molar-refractivity contribution is 6.67. The van der Waals surface area contributed by atoms with Crippen molar-refractivity contribution in [2.24, 2.45) is 0 Å². The van der Waals surface area contributed by atoms with Crippen molar-refractivity contribution < 1.29 is 9.21 Å². The molecule has 0 saturated heterocycles. The summed E-state index contributed by atoms with van der Waals surface area (Å²) in [6.07, 6.45) is 0. The van der Waals surface area contributed by atoms with Gasteiger partial charge in [0.1, 0.15) is 11.3 Å². The Bertz CT molecular complexity index is 529. The van der Waals surface area contributed by atoms with Gasteiger partial charge in [-0.15, -0.1) is 11.6 Å². The van der Waals surface area contributed by atoms with E-state index >= 15 is 0 Å². The van der Waals surface area contributed by atoms with Crippen LogP contribution in [0.3, 0.4) is 0 Å². The molecule has 1 aromatic heterocycles. The number of halogens is 2. The highest BCUT2D eigenvalue weighted by Gasteiger charge is 2.03. The first kappa shape index (κ1) is 14.1. The van der Waals surface area contributed by atoms with Crippen LogP contribution in [0.2, 0.25) is 0 Å². The standard InChI is InChI=1S/C11H12O.C2H2Cl2O/c1-7-4-8(2)11-10(5-7)6-9(3)12-11;3-1-2(4)5/h4-6H,1-3H3;1H2. The van der Waals surface area contributed by atoms with E-state index in [9.17, 15) is 4.79 Å². The maximum atomic E-state index is 9.45. The zero-order valence-electron chi connectivity index (χ0n) is 10.0. The Morgan fingerprint density at radius 2 is 1.82 bits per heavy atom. The molecule has 2 nitrogen and oxygen atoms in total. The van der Waals surface area contributed by atoms with E-state index < -0.39 is 5.24 Å². The number of hydrogen-bond donors (Lipinski definition) is 0. The van der Waals surface area contributed by atoms with Crippen molar-refractivity contribution >= 4 is 39.4 Å². The van der Waals surface area contributed by atoms with Gasteiger partial charge in [-0.1, -0.05) is 11.6 Å². The van der Waals surface area contributed by atoms with Crippen LogP contribution in [0.15, 0.2) is 22.6 Å². The lowest BCUT2D eigenvalue weighted by Gasteiger charge is -1.96. The summed E-state index contributed by atoms with van der Waals surface area (Å²) in [4.78, 5) is 9.45. The van der Waals surface area contributed by atoms with Gasteiger partial charge < -0.3 is 4.42 Å². The van der Waals surface area contributed by atoms with E-state index in [2.05, 4.69) is 32.0 Å². The fraction of sp³-hybridized carbons (Fsp3) is 0.308. The number of aryl methyl sites for hydroxylation is 3. The lowest BCUT2D eigenvalue weighted by Crippen LogP contribution is -1.81. The number of benzene rings is 1. The summed E-state index contributed by atoms with van der Waals surface area (Å²) in [7, 11) is 0. The molecule has 4 heteroatoms. The zero-order valence-corrected chi connectivity index (χ0v) is 11.5. The van der Waals surface area contributed by atoms with Gasteiger partial charge in [-0.3, -0.25) is 4.79 Å². The summed E-state index contributed by atoms with van der Waals surface area (Å²) >= 11 is 9.55. The van der Waals surface area contributed by atoms with Crippen molar-refractivity contribution in [3.63, 3.8) is 0 Å². The molecule has 0 aliphatic rings. The third-order valence-electron chi connectivity index (χ3n) is 2.17. The molecular weight excluding hydrogens is 259 g/mol. The molecule has 17 heavy (non-hydrogen) atoms. The zero-order chi connectivity index (χ0) is 13.0.